The van der Waals surface area contributed by atoms with E-state index in [1.54, 1.807) is 6.20 Å². The van der Waals surface area contributed by atoms with Crippen molar-refractivity contribution in [2.45, 2.75) is 39.3 Å². The van der Waals surface area contributed by atoms with Crippen LogP contribution < -0.4 is 10.9 Å². The first kappa shape index (κ1) is 17.7. The van der Waals surface area contributed by atoms with Gasteiger partial charge in [-0.3, -0.25) is 14.5 Å². The van der Waals surface area contributed by atoms with Crippen LogP contribution in [0, 0.1) is 6.92 Å². The lowest BCUT2D eigenvalue weighted by molar-refractivity contribution is -0.122. The van der Waals surface area contributed by atoms with Crippen LogP contribution in [0.3, 0.4) is 0 Å². The molecule has 4 rings (SSSR count). The molecular formula is C20H25N5O2. The molecule has 7 nitrogen and oxygen atoms in total. The average molecular weight is 367 g/mol. The smallest absolute Gasteiger partial charge is 0.291 e. The molecule has 0 saturated carbocycles. The minimum Gasteiger partial charge on any atom is -0.353 e. The zero-order valence-electron chi connectivity index (χ0n) is 15.8. The van der Waals surface area contributed by atoms with Gasteiger partial charge in [0.25, 0.3) is 5.56 Å². The zero-order valence-corrected chi connectivity index (χ0v) is 15.8. The van der Waals surface area contributed by atoms with Crippen molar-refractivity contribution in [3.05, 3.63) is 40.3 Å². The summed E-state index contributed by atoms with van der Waals surface area (Å²) in [6, 6.07) is 6.39. The number of hydrogen-bond donors (Lipinski definition) is 2. The van der Waals surface area contributed by atoms with E-state index in [9.17, 15) is 9.59 Å². The monoisotopic (exact) mass is 367 g/mol. The van der Waals surface area contributed by atoms with Gasteiger partial charge in [-0.15, -0.1) is 0 Å². The van der Waals surface area contributed by atoms with Gasteiger partial charge in [0.05, 0.1) is 6.20 Å². The van der Waals surface area contributed by atoms with Gasteiger partial charge in [0, 0.05) is 28.9 Å². The number of H-pyrrole nitrogens is 1. The summed E-state index contributed by atoms with van der Waals surface area (Å²) in [7, 11) is 0. The quantitative estimate of drug-likeness (QED) is 0.720. The molecule has 1 saturated heterocycles. The predicted octanol–water partition coefficient (Wildman–Crippen LogP) is 1.79. The van der Waals surface area contributed by atoms with Crippen LogP contribution in [0.5, 0.6) is 0 Å². The molecule has 0 aliphatic carbocycles. The number of nitrogens with one attached hydrogen (secondary N) is 2. The van der Waals surface area contributed by atoms with E-state index in [4.69, 9.17) is 0 Å². The number of carbonyl (C=O) groups excluding carboxylic acids is 1. The topological polar surface area (TPSA) is 83.0 Å². The van der Waals surface area contributed by atoms with Crippen LogP contribution in [0.2, 0.25) is 0 Å². The van der Waals surface area contributed by atoms with Gasteiger partial charge in [0.15, 0.2) is 0 Å². The third kappa shape index (κ3) is 3.35. The van der Waals surface area contributed by atoms with E-state index < -0.39 is 0 Å². The van der Waals surface area contributed by atoms with Crippen molar-refractivity contribution >= 4 is 27.7 Å². The lowest BCUT2D eigenvalue weighted by atomic mass is 10.1. The van der Waals surface area contributed by atoms with E-state index in [0.29, 0.717) is 18.1 Å². The Hall–Kier alpha value is -2.67. The second-order valence-electron chi connectivity index (χ2n) is 7.30. The summed E-state index contributed by atoms with van der Waals surface area (Å²) in [4.78, 5) is 30.6. The number of amides is 1. The fraction of sp³-hybridized carbons (Fsp3) is 0.450. The maximum atomic E-state index is 12.8. The highest BCUT2D eigenvalue weighted by atomic mass is 16.2. The normalized spacial score (nSPS) is 17.8. The number of likely N-dealkylation sites (N-methyl/N-ethyl adjacent to an activating group) is 1. The van der Waals surface area contributed by atoms with Crippen molar-refractivity contribution in [3.63, 3.8) is 0 Å². The minimum atomic E-state index is -0.271. The molecule has 0 radical (unpaired) electrons. The number of aryl methyl sites for hydroxylation is 1. The van der Waals surface area contributed by atoms with Gasteiger partial charge >= 0.3 is 0 Å². The van der Waals surface area contributed by atoms with Crippen LogP contribution in [0.4, 0.5) is 0 Å². The lowest BCUT2D eigenvalue weighted by Gasteiger charge is -2.22. The summed E-state index contributed by atoms with van der Waals surface area (Å²) in [5.41, 5.74) is 2.25. The Balaban J connectivity index is 1.52. The molecule has 142 valence electrons. The largest absolute Gasteiger partial charge is 0.353 e. The van der Waals surface area contributed by atoms with Crippen LogP contribution in [0.15, 0.2) is 29.2 Å². The molecule has 1 aliphatic rings. The number of aromatic nitrogens is 3. The van der Waals surface area contributed by atoms with E-state index in [2.05, 4.69) is 27.2 Å². The summed E-state index contributed by atoms with van der Waals surface area (Å²) in [5.74, 6) is -0.182. The van der Waals surface area contributed by atoms with Gasteiger partial charge in [-0.2, -0.15) is 5.10 Å². The van der Waals surface area contributed by atoms with Crippen LogP contribution in [0.25, 0.3) is 21.8 Å². The van der Waals surface area contributed by atoms with E-state index in [0.717, 1.165) is 41.4 Å². The van der Waals surface area contributed by atoms with Crippen LogP contribution in [0.1, 0.15) is 25.3 Å². The van der Waals surface area contributed by atoms with Crippen molar-refractivity contribution in [2.24, 2.45) is 0 Å². The Kier molecular flexibility index (Phi) is 4.70. The van der Waals surface area contributed by atoms with Crippen molar-refractivity contribution < 1.29 is 4.79 Å². The van der Waals surface area contributed by atoms with Gasteiger partial charge in [-0.1, -0.05) is 18.6 Å². The first-order valence-corrected chi connectivity index (χ1v) is 9.55. The van der Waals surface area contributed by atoms with Gasteiger partial charge in [-0.05, 0) is 45.0 Å². The molecule has 1 aliphatic heterocycles. The van der Waals surface area contributed by atoms with Gasteiger partial charge in [-0.25, -0.2) is 4.68 Å². The highest BCUT2D eigenvalue weighted by molar-refractivity contribution is 6.06. The maximum Gasteiger partial charge on any atom is 0.291 e. The molecule has 2 aromatic heterocycles. The molecule has 0 spiro atoms. The molecule has 1 fully saturated rings. The minimum absolute atomic E-state index is 0.0674. The van der Waals surface area contributed by atoms with Crippen LogP contribution >= 0.6 is 0 Å². The third-order valence-corrected chi connectivity index (χ3v) is 5.50. The first-order valence-electron chi connectivity index (χ1n) is 9.55. The molecule has 1 aromatic carbocycles. The van der Waals surface area contributed by atoms with Gasteiger partial charge in [0.1, 0.15) is 12.1 Å². The Morgan fingerprint density at radius 3 is 3.04 bits per heavy atom. The number of likely N-dealkylation sites (tertiary alicyclic amines) is 1. The van der Waals surface area contributed by atoms with E-state index in [-0.39, 0.29) is 18.0 Å². The van der Waals surface area contributed by atoms with E-state index in [1.165, 1.54) is 11.1 Å². The van der Waals surface area contributed by atoms with Gasteiger partial charge in [0.2, 0.25) is 5.91 Å². The fourth-order valence-electron chi connectivity index (χ4n) is 4.02. The molecule has 1 amide bonds. The summed E-state index contributed by atoms with van der Waals surface area (Å²) in [6.45, 7) is 6.80. The second kappa shape index (κ2) is 7.15. The number of aromatic amines is 1. The number of benzene rings is 1. The van der Waals surface area contributed by atoms with Crippen molar-refractivity contribution in [1.29, 1.82) is 0 Å². The number of carbonyl (C=O) groups is 1. The molecule has 1 unspecified atom stereocenters. The molecule has 7 heteroatoms. The zero-order chi connectivity index (χ0) is 19.0. The number of nitrogens with zero attached hydrogens (tertiary/aromatic N) is 3. The lowest BCUT2D eigenvalue weighted by Crippen LogP contribution is -2.42. The number of hydrogen-bond acceptors (Lipinski definition) is 4. The van der Waals surface area contributed by atoms with Crippen molar-refractivity contribution in [3.8, 4) is 0 Å². The summed E-state index contributed by atoms with van der Waals surface area (Å²) in [5, 5.41) is 8.95. The molecule has 3 aromatic rings. The van der Waals surface area contributed by atoms with Crippen molar-refractivity contribution in [2.75, 3.05) is 19.6 Å². The Morgan fingerprint density at radius 1 is 1.37 bits per heavy atom. The Morgan fingerprint density at radius 2 is 2.22 bits per heavy atom. The highest BCUT2D eigenvalue weighted by Gasteiger charge is 2.23. The highest BCUT2D eigenvalue weighted by Crippen LogP contribution is 2.23. The second-order valence-corrected chi connectivity index (χ2v) is 7.30. The SMILES string of the molecule is CCN1CCCC1CNC(=O)Cn1ncc2c([nH]c3ccc(C)cc32)c1=O. The van der Waals surface area contributed by atoms with Crippen LogP contribution in [-0.2, 0) is 11.3 Å². The third-order valence-electron chi connectivity index (χ3n) is 5.50. The van der Waals surface area contributed by atoms with E-state index in [1.807, 2.05) is 25.1 Å². The predicted molar refractivity (Wildman–Crippen MR) is 106 cm³/mol. The number of rotatable bonds is 5. The van der Waals surface area contributed by atoms with Gasteiger partial charge < -0.3 is 10.3 Å². The summed E-state index contributed by atoms with van der Waals surface area (Å²) in [6.07, 6.45) is 3.94. The van der Waals surface area contributed by atoms with E-state index >= 15 is 0 Å². The van der Waals surface area contributed by atoms with Crippen LogP contribution in [-0.4, -0.2) is 51.2 Å². The van der Waals surface area contributed by atoms with Crippen molar-refractivity contribution in [1.82, 2.24) is 25.0 Å². The molecule has 1 atom stereocenters. The fourth-order valence-corrected chi connectivity index (χ4v) is 4.02. The molecule has 0 bridgehead atoms. The maximum absolute atomic E-state index is 12.8. The molecule has 27 heavy (non-hydrogen) atoms. The summed E-state index contributed by atoms with van der Waals surface area (Å²) >= 11 is 0. The Labute approximate surface area is 157 Å². The summed E-state index contributed by atoms with van der Waals surface area (Å²) < 4.78 is 1.23. The molecule has 2 N–H and O–H groups in total. The number of fused-ring (bicyclic) bond motifs is 3. The Bertz CT molecular complexity index is 1050. The average Bonchev–Trinajstić information content (AvgIpc) is 3.26. The molecular weight excluding hydrogens is 342 g/mol. The standard InChI is InChI=1S/C20H25N5O2/c1-3-24-8-4-5-14(24)10-21-18(26)12-25-20(27)19-16(11-22-25)15-9-13(2)6-7-17(15)23-19/h6-7,9,11,14,23H,3-5,8,10,12H2,1-2H3,(H,21,26). The first-order chi connectivity index (χ1) is 13.1. The molecule has 3 heterocycles.